The first-order valence-corrected chi connectivity index (χ1v) is 4.13. The first-order valence-electron chi connectivity index (χ1n) is 4.13. The van der Waals surface area contributed by atoms with E-state index in [4.69, 9.17) is 0 Å². The summed E-state index contributed by atoms with van der Waals surface area (Å²) in [6, 6.07) is 0. The van der Waals surface area contributed by atoms with Crippen molar-refractivity contribution >= 4 is 0 Å². The predicted octanol–water partition coefficient (Wildman–Crippen LogP) is 3.28. The van der Waals surface area contributed by atoms with Crippen molar-refractivity contribution in [3.05, 3.63) is 34.1 Å². The van der Waals surface area contributed by atoms with E-state index >= 15 is 0 Å². The molecule has 0 aliphatic rings. The van der Waals surface area contributed by atoms with Gasteiger partial charge in [0.25, 0.3) is 0 Å². The molecule has 0 nitrogen and oxygen atoms in total. The molecule has 0 amide bonds. The van der Waals surface area contributed by atoms with Gasteiger partial charge in [-0.05, 0) is 31.4 Å². The molecule has 0 atom stereocenters. The minimum absolute atomic E-state index is 0.0483. The third-order valence-corrected chi connectivity index (χ3v) is 2.30. The van der Waals surface area contributed by atoms with E-state index in [-0.39, 0.29) is 23.1 Å². The van der Waals surface area contributed by atoms with Crippen molar-refractivity contribution in [1.29, 1.82) is 0 Å². The van der Waals surface area contributed by atoms with Crippen LogP contribution in [-0.2, 0) is 6.42 Å². The van der Waals surface area contributed by atoms with Crippen molar-refractivity contribution in [2.75, 3.05) is 0 Å². The van der Waals surface area contributed by atoms with Gasteiger partial charge in [-0.25, -0.2) is 13.2 Å². The standard InChI is InChI=1S/C10H11F3/c1-4-7-8(11)5(2)6(3)9(12)10(7)13/h4H2,1-3H3. The maximum Gasteiger partial charge on any atom is 0.165 e. The third-order valence-electron chi connectivity index (χ3n) is 2.30. The number of halogens is 3. The summed E-state index contributed by atoms with van der Waals surface area (Å²) in [6.45, 7) is 4.42. The first-order chi connectivity index (χ1) is 6.00. The predicted molar refractivity (Wildman–Crippen MR) is 45.2 cm³/mol. The van der Waals surface area contributed by atoms with Crippen LogP contribution in [0.15, 0.2) is 0 Å². The highest BCUT2D eigenvalue weighted by atomic mass is 19.2. The lowest BCUT2D eigenvalue weighted by atomic mass is 10.0. The Balaban J connectivity index is 3.56. The fourth-order valence-electron chi connectivity index (χ4n) is 1.26. The lowest BCUT2D eigenvalue weighted by Crippen LogP contribution is -2.04. The van der Waals surface area contributed by atoms with E-state index in [1.54, 1.807) is 6.92 Å². The summed E-state index contributed by atoms with van der Waals surface area (Å²) in [5.41, 5.74) is 0.0727. The van der Waals surface area contributed by atoms with Gasteiger partial charge < -0.3 is 0 Å². The zero-order valence-electron chi connectivity index (χ0n) is 7.84. The van der Waals surface area contributed by atoms with Crippen LogP contribution < -0.4 is 0 Å². The summed E-state index contributed by atoms with van der Waals surface area (Å²) in [6.07, 6.45) is 0.162. The quantitative estimate of drug-likeness (QED) is 0.593. The smallest absolute Gasteiger partial charge is 0.165 e. The van der Waals surface area contributed by atoms with Gasteiger partial charge in [0.1, 0.15) is 5.82 Å². The Morgan fingerprint density at radius 2 is 1.31 bits per heavy atom. The van der Waals surface area contributed by atoms with Gasteiger partial charge in [-0.3, -0.25) is 0 Å². The Labute approximate surface area is 75.4 Å². The zero-order chi connectivity index (χ0) is 10.2. The maximum absolute atomic E-state index is 13.3. The normalized spacial score (nSPS) is 10.6. The van der Waals surface area contributed by atoms with Crippen LogP contribution in [-0.4, -0.2) is 0 Å². The van der Waals surface area contributed by atoms with Gasteiger partial charge in [0.2, 0.25) is 0 Å². The molecule has 1 aromatic rings. The van der Waals surface area contributed by atoms with Gasteiger partial charge in [0.15, 0.2) is 11.6 Å². The zero-order valence-corrected chi connectivity index (χ0v) is 7.84. The molecule has 0 fully saturated rings. The first kappa shape index (κ1) is 10.1. The number of benzene rings is 1. The molecule has 0 aliphatic carbocycles. The molecule has 1 aromatic carbocycles. The van der Waals surface area contributed by atoms with Gasteiger partial charge in [-0.2, -0.15) is 0 Å². The number of hydrogen-bond acceptors (Lipinski definition) is 0. The molecule has 0 aliphatic heterocycles. The van der Waals surface area contributed by atoms with Crippen LogP contribution in [0, 0.1) is 31.3 Å². The van der Waals surface area contributed by atoms with Crippen molar-refractivity contribution in [3.8, 4) is 0 Å². The van der Waals surface area contributed by atoms with Crippen LogP contribution >= 0.6 is 0 Å². The Kier molecular flexibility index (Phi) is 2.64. The molecular weight excluding hydrogens is 177 g/mol. The molecule has 0 bridgehead atoms. The van der Waals surface area contributed by atoms with Gasteiger partial charge in [0, 0.05) is 5.56 Å². The highest BCUT2D eigenvalue weighted by Crippen LogP contribution is 2.24. The maximum atomic E-state index is 13.3. The average Bonchev–Trinajstić information content (AvgIpc) is 2.13. The molecular formula is C10H11F3. The Hall–Kier alpha value is -0.990. The molecule has 0 heterocycles. The largest absolute Gasteiger partial charge is 0.206 e. The van der Waals surface area contributed by atoms with E-state index in [2.05, 4.69) is 0 Å². The topological polar surface area (TPSA) is 0 Å². The number of hydrogen-bond donors (Lipinski definition) is 0. The van der Waals surface area contributed by atoms with Crippen LogP contribution in [0.25, 0.3) is 0 Å². The monoisotopic (exact) mass is 188 g/mol. The van der Waals surface area contributed by atoms with Crippen molar-refractivity contribution in [2.45, 2.75) is 27.2 Å². The highest BCUT2D eigenvalue weighted by molar-refractivity contribution is 5.34. The minimum Gasteiger partial charge on any atom is -0.206 e. The molecule has 0 aromatic heterocycles. The summed E-state index contributed by atoms with van der Waals surface area (Å²) in [5, 5.41) is 0. The van der Waals surface area contributed by atoms with Gasteiger partial charge in [0.05, 0.1) is 0 Å². The minimum atomic E-state index is -1.05. The summed E-state index contributed by atoms with van der Waals surface area (Å²) in [7, 11) is 0. The van der Waals surface area contributed by atoms with E-state index in [0.717, 1.165) is 0 Å². The van der Waals surface area contributed by atoms with Crippen molar-refractivity contribution < 1.29 is 13.2 Å². The molecule has 0 N–H and O–H groups in total. The van der Waals surface area contributed by atoms with Crippen LogP contribution in [0.4, 0.5) is 13.2 Å². The molecule has 72 valence electrons. The molecule has 0 radical (unpaired) electrons. The summed E-state index contributed by atoms with van der Waals surface area (Å²) in [4.78, 5) is 0. The van der Waals surface area contributed by atoms with E-state index in [0.29, 0.717) is 0 Å². The molecule has 0 spiro atoms. The van der Waals surface area contributed by atoms with Crippen LogP contribution in [0.1, 0.15) is 23.6 Å². The summed E-state index contributed by atoms with van der Waals surface area (Å²) >= 11 is 0. The SMILES string of the molecule is CCc1c(F)c(C)c(C)c(F)c1F. The molecule has 0 saturated heterocycles. The van der Waals surface area contributed by atoms with Crippen LogP contribution in [0.2, 0.25) is 0 Å². The Bertz CT molecular complexity index is 314. The van der Waals surface area contributed by atoms with Crippen molar-refractivity contribution in [3.63, 3.8) is 0 Å². The summed E-state index contributed by atoms with van der Waals surface area (Å²) < 4.78 is 39.5. The Morgan fingerprint density at radius 1 is 0.846 bits per heavy atom. The van der Waals surface area contributed by atoms with Crippen LogP contribution in [0.5, 0.6) is 0 Å². The molecule has 3 heteroatoms. The highest BCUT2D eigenvalue weighted by Gasteiger charge is 2.18. The fourth-order valence-corrected chi connectivity index (χ4v) is 1.26. The Morgan fingerprint density at radius 3 is 1.77 bits per heavy atom. The lowest BCUT2D eigenvalue weighted by Gasteiger charge is -2.09. The molecule has 0 saturated carbocycles. The van der Waals surface area contributed by atoms with E-state index < -0.39 is 17.5 Å². The van der Waals surface area contributed by atoms with E-state index in [1.807, 2.05) is 0 Å². The van der Waals surface area contributed by atoms with E-state index in [1.165, 1.54) is 13.8 Å². The van der Waals surface area contributed by atoms with E-state index in [9.17, 15) is 13.2 Å². The van der Waals surface area contributed by atoms with Gasteiger partial charge in [-0.15, -0.1) is 0 Å². The second kappa shape index (κ2) is 3.40. The van der Waals surface area contributed by atoms with Crippen molar-refractivity contribution in [2.24, 2.45) is 0 Å². The molecule has 13 heavy (non-hydrogen) atoms. The van der Waals surface area contributed by atoms with Crippen molar-refractivity contribution in [1.82, 2.24) is 0 Å². The lowest BCUT2D eigenvalue weighted by molar-refractivity contribution is 0.472. The second-order valence-electron chi connectivity index (χ2n) is 3.02. The molecule has 1 rings (SSSR count). The third kappa shape index (κ3) is 1.43. The summed E-state index contributed by atoms with van der Waals surface area (Å²) in [5.74, 6) is -2.61. The number of rotatable bonds is 1. The molecule has 0 unspecified atom stereocenters. The van der Waals surface area contributed by atoms with Crippen LogP contribution in [0.3, 0.4) is 0 Å². The average molecular weight is 188 g/mol. The van der Waals surface area contributed by atoms with Gasteiger partial charge >= 0.3 is 0 Å². The van der Waals surface area contributed by atoms with Gasteiger partial charge in [-0.1, -0.05) is 6.92 Å². The second-order valence-corrected chi connectivity index (χ2v) is 3.02. The fraction of sp³-hybridized carbons (Fsp3) is 0.400.